The van der Waals surface area contributed by atoms with E-state index < -0.39 is 0 Å². The fourth-order valence-electron chi connectivity index (χ4n) is 2.56. The molecule has 110 valence electrons. The van der Waals surface area contributed by atoms with E-state index in [1.165, 1.54) is 12.8 Å². The molecule has 0 radical (unpaired) electrons. The second kappa shape index (κ2) is 6.76. The Bertz CT molecular complexity index is 485. The summed E-state index contributed by atoms with van der Waals surface area (Å²) < 4.78 is 5.67. The molecule has 1 atom stereocenters. The summed E-state index contributed by atoms with van der Waals surface area (Å²) in [5, 5.41) is 14.4. The molecule has 1 aliphatic rings. The third kappa shape index (κ3) is 3.52. The molecule has 1 fully saturated rings. The lowest BCUT2D eigenvalue weighted by Gasteiger charge is -2.23. The molecule has 1 aromatic heterocycles. The maximum Gasteiger partial charge on any atom is 0.278 e. The summed E-state index contributed by atoms with van der Waals surface area (Å²) >= 11 is 0. The van der Waals surface area contributed by atoms with Crippen LogP contribution in [0.1, 0.15) is 36.1 Å². The number of nitro groups is 1. The molecule has 1 saturated heterocycles. The molecule has 0 saturated carbocycles. The van der Waals surface area contributed by atoms with Crippen molar-refractivity contribution in [1.29, 1.82) is 0 Å². The molecule has 6 heteroatoms. The number of ether oxygens (including phenoxy) is 1. The van der Waals surface area contributed by atoms with E-state index >= 15 is 0 Å². The monoisotopic (exact) mass is 279 g/mol. The van der Waals surface area contributed by atoms with Crippen LogP contribution in [-0.2, 0) is 11.3 Å². The van der Waals surface area contributed by atoms with Gasteiger partial charge in [-0.3, -0.25) is 15.1 Å². The molecule has 2 heterocycles. The van der Waals surface area contributed by atoms with Gasteiger partial charge in [-0.05, 0) is 33.2 Å². The van der Waals surface area contributed by atoms with Gasteiger partial charge in [-0.1, -0.05) is 6.42 Å². The van der Waals surface area contributed by atoms with Crippen LogP contribution in [0.15, 0.2) is 6.20 Å². The van der Waals surface area contributed by atoms with Crippen LogP contribution in [-0.4, -0.2) is 29.1 Å². The lowest BCUT2D eigenvalue weighted by molar-refractivity contribution is -0.386. The van der Waals surface area contributed by atoms with E-state index in [4.69, 9.17) is 4.74 Å². The van der Waals surface area contributed by atoms with Gasteiger partial charge in [0.2, 0.25) is 0 Å². The fourth-order valence-corrected chi connectivity index (χ4v) is 2.56. The molecule has 0 amide bonds. The molecular weight excluding hydrogens is 258 g/mol. The summed E-state index contributed by atoms with van der Waals surface area (Å²) in [5.41, 5.74) is 1.99. The van der Waals surface area contributed by atoms with E-state index in [0.29, 0.717) is 36.1 Å². The zero-order valence-electron chi connectivity index (χ0n) is 12.0. The average Bonchev–Trinajstić information content (AvgIpc) is 2.42. The zero-order valence-corrected chi connectivity index (χ0v) is 12.0. The maximum absolute atomic E-state index is 11.0. The van der Waals surface area contributed by atoms with E-state index in [1.54, 1.807) is 20.0 Å². The van der Waals surface area contributed by atoms with Gasteiger partial charge in [0.05, 0.1) is 29.4 Å². The number of rotatable bonds is 5. The predicted octanol–water partition coefficient (Wildman–Crippen LogP) is 2.27. The van der Waals surface area contributed by atoms with Gasteiger partial charge in [0.25, 0.3) is 5.69 Å². The van der Waals surface area contributed by atoms with E-state index in [-0.39, 0.29) is 10.6 Å². The first-order valence-corrected chi connectivity index (χ1v) is 7.00. The molecule has 0 spiro atoms. The molecular formula is C14H21N3O3. The summed E-state index contributed by atoms with van der Waals surface area (Å²) in [5.74, 6) is 0. The van der Waals surface area contributed by atoms with Gasteiger partial charge in [-0.15, -0.1) is 0 Å². The number of hydrogen-bond donors (Lipinski definition) is 1. The normalized spacial score (nSPS) is 19.0. The summed E-state index contributed by atoms with van der Waals surface area (Å²) in [7, 11) is 0. The molecule has 1 aliphatic heterocycles. The standard InChI is InChI=1S/C14H21N3O3/c1-10-7-16-13(11(2)14(10)17(18)19)9-20-8-12-5-3-4-6-15-12/h7,12,15H,3-6,8-9H2,1-2H3. The Labute approximate surface area is 118 Å². The molecule has 0 aliphatic carbocycles. The Hall–Kier alpha value is -1.53. The number of nitrogens with one attached hydrogen (secondary N) is 1. The van der Waals surface area contributed by atoms with Crippen LogP contribution < -0.4 is 5.32 Å². The predicted molar refractivity (Wildman–Crippen MR) is 75.7 cm³/mol. The van der Waals surface area contributed by atoms with Gasteiger partial charge in [0.15, 0.2) is 0 Å². The summed E-state index contributed by atoms with van der Waals surface area (Å²) in [4.78, 5) is 14.9. The van der Waals surface area contributed by atoms with Gasteiger partial charge in [-0.25, -0.2) is 0 Å². The van der Waals surface area contributed by atoms with E-state index in [2.05, 4.69) is 10.3 Å². The first-order chi connectivity index (χ1) is 9.59. The highest BCUT2D eigenvalue weighted by atomic mass is 16.6. The van der Waals surface area contributed by atoms with Crippen LogP contribution in [0, 0.1) is 24.0 Å². The summed E-state index contributed by atoms with van der Waals surface area (Å²) in [6.45, 7) is 5.43. The highest BCUT2D eigenvalue weighted by molar-refractivity contribution is 5.47. The molecule has 0 aromatic carbocycles. The van der Waals surface area contributed by atoms with Crippen molar-refractivity contribution < 1.29 is 9.66 Å². The van der Waals surface area contributed by atoms with Crippen molar-refractivity contribution in [2.24, 2.45) is 0 Å². The number of pyridine rings is 1. The molecule has 1 N–H and O–H groups in total. The summed E-state index contributed by atoms with van der Waals surface area (Å²) in [6.07, 6.45) is 5.12. The number of piperidine rings is 1. The lowest BCUT2D eigenvalue weighted by atomic mass is 10.1. The van der Waals surface area contributed by atoms with Crippen LogP contribution >= 0.6 is 0 Å². The van der Waals surface area contributed by atoms with Gasteiger partial charge < -0.3 is 10.1 Å². The van der Waals surface area contributed by atoms with E-state index in [1.807, 2.05) is 0 Å². The van der Waals surface area contributed by atoms with Crippen LogP contribution in [0.25, 0.3) is 0 Å². The number of aryl methyl sites for hydroxylation is 1. The van der Waals surface area contributed by atoms with Crippen molar-refractivity contribution in [3.8, 4) is 0 Å². The lowest BCUT2D eigenvalue weighted by Crippen LogP contribution is -2.37. The van der Waals surface area contributed by atoms with E-state index in [0.717, 1.165) is 13.0 Å². The molecule has 6 nitrogen and oxygen atoms in total. The fraction of sp³-hybridized carbons (Fsp3) is 0.643. The Kier molecular flexibility index (Phi) is 5.03. The second-order valence-electron chi connectivity index (χ2n) is 5.28. The van der Waals surface area contributed by atoms with Crippen LogP contribution in [0.2, 0.25) is 0 Å². The number of aromatic nitrogens is 1. The van der Waals surface area contributed by atoms with Crippen molar-refractivity contribution in [1.82, 2.24) is 10.3 Å². The highest BCUT2D eigenvalue weighted by Gasteiger charge is 2.19. The van der Waals surface area contributed by atoms with Crippen molar-refractivity contribution in [2.45, 2.75) is 45.8 Å². The third-order valence-corrected chi connectivity index (χ3v) is 3.73. The maximum atomic E-state index is 11.0. The third-order valence-electron chi connectivity index (χ3n) is 3.73. The Morgan fingerprint density at radius 3 is 2.95 bits per heavy atom. The minimum Gasteiger partial charge on any atom is -0.374 e. The molecule has 1 unspecified atom stereocenters. The summed E-state index contributed by atoms with van der Waals surface area (Å²) in [6, 6.07) is 0.393. The number of nitrogens with zero attached hydrogens (tertiary/aromatic N) is 2. The molecule has 20 heavy (non-hydrogen) atoms. The zero-order chi connectivity index (χ0) is 14.5. The first kappa shape index (κ1) is 14.9. The SMILES string of the molecule is Cc1cnc(COCC2CCCCN2)c(C)c1[N+](=O)[O-]. The topological polar surface area (TPSA) is 77.3 Å². The van der Waals surface area contributed by atoms with Crippen molar-refractivity contribution in [3.05, 3.63) is 33.1 Å². The van der Waals surface area contributed by atoms with Gasteiger partial charge in [0.1, 0.15) is 0 Å². The first-order valence-electron chi connectivity index (χ1n) is 7.00. The smallest absolute Gasteiger partial charge is 0.278 e. The highest BCUT2D eigenvalue weighted by Crippen LogP contribution is 2.24. The Morgan fingerprint density at radius 2 is 2.30 bits per heavy atom. The second-order valence-corrected chi connectivity index (χ2v) is 5.28. The van der Waals surface area contributed by atoms with Gasteiger partial charge in [-0.2, -0.15) is 0 Å². The van der Waals surface area contributed by atoms with Crippen LogP contribution in [0.4, 0.5) is 5.69 Å². The Balaban J connectivity index is 1.95. The van der Waals surface area contributed by atoms with Crippen molar-refractivity contribution in [2.75, 3.05) is 13.2 Å². The average molecular weight is 279 g/mol. The van der Waals surface area contributed by atoms with Crippen LogP contribution in [0.3, 0.4) is 0 Å². The quantitative estimate of drug-likeness (QED) is 0.661. The minimum absolute atomic E-state index is 0.148. The molecule has 2 rings (SSSR count). The van der Waals surface area contributed by atoms with Gasteiger partial charge in [0, 0.05) is 17.8 Å². The molecule has 1 aromatic rings. The minimum atomic E-state index is -0.349. The van der Waals surface area contributed by atoms with Crippen molar-refractivity contribution in [3.63, 3.8) is 0 Å². The Morgan fingerprint density at radius 1 is 1.50 bits per heavy atom. The largest absolute Gasteiger partial charge is 0.374 e. The van der Waals surface area contributed by atoms with Crippen LogP contribution in [0.5, 0.6) is 0 Å². The molecule has 0 bridgehead atoms. The van der Waals surface area contributed by atoms with E-state index in [9.17, 15) is 10.1 Å². The number of hydrogen-bond acceptors (Lipinski definition) is 5. The van der Waals surface area contributed by atoms with Gasteiger partial charge >= 0.3 is 0 Å². The van der Waals surface area contributed by atoms with Crippen molar-refractivity contribution >= 4 is 5.69 Å².